The van der Waals surface area contributed by atoms with Crippen LogP contribution in [0.25, 0.3) is 0 Å². The molecule has 1 aromatic carbocycles. The van der Waals surface area contributed by atoms with Gasteiger partial charge in [-0.05, 0) is 12.1 Å². The van der Waals surface area contributed by atoms with Crippen molar-refractivity contribution in [1.29, 1.82) is 0 Å². The Hall–Kier alpha value is -1.56. The molecule has 0 aromatic heterocycles. The van der Waals surface area contributed by atoms with Crippen LogP contribution >= 0.6 is 23.2 Å². The third kappa shape index (κ3) is 4.70. The first kappa shape index (κ1) is 17.8. The zero-order chi connectivity index (χ0) is 16.8. The lowest BCUT2D eigenvalue weighted by atomic mass is 10.1. The van der Waals surface area contributed by atoms with Crippen LogP contribution in [-0.4, -0.2) is 60.9 Å². The van der Waals surface area contributed by atoms with E-state index in [1.807, 2.05) is 4.90 Å². The number of halogens is 2. The minimum absolute atomic E-state index is 0.0393. The van der Waals surface area contributed by atoms with Crippen LogP contribution < -0.4 is 5.32 Å². The number of nitrogens with zero attached hydrogens (tertiary/aromatic N) is 2. The fourth-order valence-electron chi connectivity index (χ4n) is 2.39. The maximum atomic E-state index is 12.5. The van der Waals surface area contributed by atoms with Crippen molar-refractivity contribution in [2.24, 2.45) is 0 Å². The second kappa shape index (κ2) is 8.34. The first-order valence-electron chi connectivity index (χ1n) is 7.36. The molecule has 0 aliphatic carbocycles. The van der Waals surface area contributed by atoms with Crippen LogP contribution in [-0.2, 0) is 4.79 Å². The molecule has 0 spiro atoms. The number of carbonyl (C=O) groups is 2. The summed E-state index contributed by atoms with van der Waals surface area (Å²) in [5.74, 6) is -0.171. The summed E-state index contributed by atoms with van der Waals surface area (Å²) in [7, 11) is 0. The number of amides is 2. The van der Waals surface area contributed by atoms with Gasteiger partial charge in [0.05, 0.1) is 22.2 Å². The average molecular weight is 356 g/mol. The molecule has 0 unspecified atom stereocenters. The van der Waals surface area contributed by atoms with Gasteiger partial charge in [0.25, 0.3) is 5.91 Å². The minimum Gasteiger partial charge on any atom is -0.352 e. The van der Waals surface area contributed by atoms with Crippen molar-refractivity contribution in [1.82, 2.24) is 15.1 Å². The molecule has 1 aliphatic rings. The first-order chi connectivity index (χ1) is 11.0. The van der Waals surface area contributed by atoms with E-state index in [0.717, 1.165) is 0 Å². The van der Waals surface area contributed by atoms with Gasteiger partial charge in [-0.25, -0.2) is 0 Å². The van der Waals surface area contributed by atoms with E-state index in [1.165, 1.54) is 0 Å². The zero-order valence-electron chi connectivity index (χ0n) is 12.7. The van der Waals surface area contributed by atoms with Gasteiger partial charge < -0.3 is 10.2 Å². The summed E-state index contributed by atoms with van der Waals surface area (Å²) in [5, 5.41) is 3.40. The highest BCUT2D eigenvalue weighted by atomic mass is 35.5. The molecule has 1 heterocycles. The molecule has 23 heavy (non-hydrogen) atoms. The smallest absolute Gasteiger partial charge is 0.255 e. The normalized spacial score (nSPS) is 15.3. The molecular weight excluding hydrogens is 337 g/mol. The number of nitrogens with one attached hydrogen (secondary N) is 1. The van der Waals surface area contributed by atoms with E-state index in [9.17, 15) is 9.59 Å². The standard InChI is InChI=1S/C16H19Cl2N3O2/c1-2-6-19-14(22)11-20-7-9-21(10-8-20)16(23)12-4-3-5-13(17)15(12)18/h2-5H,1,6-11H2,(H,19,22). The van der Waals surface area contributed by atoms with E-state index in [4.69, 9.17) is 23.2 Å². The number of benzene rings is 1. The van der Waals surface area contributed by atoms with Crippen molar-refractivity contribution in [3.63, 3.8) is 0 Å². The lowest BCUT2D eigenvalue weighted by Gasteiger charge is -2.34. The summed E-state index contributed by atoms with van der Waals surface area (Å²) >= 11 is 12.1. The van der Waals surface area contributed by atoms with Gasteiger partial charge in [0.2, 0.25) is 5.91 Å². The topological polar surface area (TPSA) is 52.7 Å². The molecule has 1 saturated heterocycles. The van der Waals surface area contributed by atoms with Gasteiger partial charge in [0.15, 0.2) is 0 Å². The van der Waals surface area contributed by atoms with E-state index in [-0.39, 0.29) is 16.8 Å². The van der Waals surface area contributed by atoms with Crippen LogP contribution in [0.3, 0.4) is 0 Å². The summed E-state index contributed by atoms with van der Waals surface area (Å²) < 4.78 is 0. The van der Waals surface area contributed by atoms with Crippen LogP contribution in [0.5, 0.6) is 0 Å². The van der Waals surface area contributed by atoms with Gasteiger partial charge >= 0.3 is 0 Å². The SMILES string of the molecule is C=CCNC(=O)CN1CCN(C(=O)c2cccc(Cl)c2Cl)CC1. The number of hydrogen-bond donors (Lipinski definition) is 1. The molecule has 0 bridgehead atoms. The monoisotopic (exact) mass is 355 g/mol. The molecule has 1 aliphatic heterocycles. The van der Waals surface area contributed by atoms with E-state index in [2.05, 4.69) is 11.9 Å². The molecule has 124 valence electrons. The van der Waals surface area contributed by atoms with Gasteiger partial charge in [0.1, 0.15) is 0 Å². The fraction of sp³-hybridized carbons (Fsp3) is 0.375. The first-order valence-corrected chi connectivity index (χ1v) is 8.11. The number of carbonyl (C=O) groups excluding carboxylic acids is 2. The lowest BCUT2D eigenvalue weighted by Crippen LogP contribution is -2.51. The Labute approximate surface area is 145 Å². The Morgan fingerprint density at radius 2 is 1.91 bits per heavy atom. The molecule has 7 heteroatoms. The Morgan fingerprint density at radius 3 is 2.57 bits per heavy atom. The third-order valence-electron chi connectivity index (χ3n) is 3.65. The maximum Gasteiger partial charge on any atom is 0.255 e. The molecule has 0 atom stereocenters. The van der Waals surface area contributed by atoms with Crippen LogP contribution in [0.15, 0.2) is 30.9 Å². The van der Waals surface area contributed by atoms with Crippen molar-refractivity contribution in [3.8, 4) is 0 Å². The van der Waals surface area contributed by atoms with Crippen molar-refractivity contribution < 1.29 is 9.59 Å². The zero-order valence-corrected chi connectivity index (χ0v) is 14.2. The van der Waals surface area contributed by atoms with E-state index in [1.54, 1.807) is 29.2 Å². The summed E-state index contributed by atoms with van der Waals surface area (Å²) in [6.45, 7) is 6.74. The van der Waals surface area contributed by atoms with Crippen molar-refractivity contribution in [2.45, 2.75) is 0 Å². The highest BCUT2D eigenvalue weighted by molar-refractivity contribution is 6.43. The Kier molecular flexibility index (Phi) is 6.45. The van der Waals surface area contributed by atoms with E-state index < -0.39 is 0 Å². The molecule has 0 saturated carbocycles. The number of rotatable bonds is 5. The summed E-state index contributed by atoms with van der Waals surface area (Å²) in [6.07, 6.45) is 1.64. The quantitative estimate of drug-likeness (QED) is 0.822. The van der Waals surface area contributed by atoms with E-state index in [0.29, 0.717) is 49.9 Å². The fourth-order valence-corrected chi connectivity index (χ4v) is 2.77. The highest BCUT2D eigenvalue weighted by Gasteiger charge is 2.24. The average Bonchev–Trinajstić information content (AvgIpc) is 2.55. The van der Waals surface area contributed by atoms with Gasteiger partial charge in [-0.15, -0.1) is 6.58 Å². The minimum atomic E-state index is -0.131. The summed E-state index contributed by atoms with van der Waals surface area (Å²) in [5.41, 5.74) is 0.413. The molecule has 1 aromatic rings. The van der Waals surface area contributed by atoms with E-state index >= 15 is 0 Å². The summed E-state index contributed by atoms with van der Waals surface area (Å²) in [4.78, 5) is 27.9. The predicted molar refractivity (Wildman–Crippen MR) is 92.0 cm³/mol. The Morgan fingerprint density at radius 1 is 1.22 bits per heavy atom. The lowest BCUT2D eigenvalue weighted by molar-refractivity contribution is -0.122. The van der Waals surface area contributed by atoms with Gasteiger partial charge in [-0.1, -0.05) is 35.3 Å². The molecule has 5 nitrogen and oxygen atoms in total. The number of piperazine rings is 1. The van der Waals surface area contributed by atoms with Crippen molar-refractivity contribution in [3.05, 3.63) is 46.5 Å². The largest absolute Gasteiger partial charge is 0.352 e. The molecule has 2 amide bonds. The Balaban J connectivity index is 1.89. The Bertz CT molecular complexity index is 599. The van der Waals surface area contributed by atoms with Gasteiger partial charge in [-0.2, -0.15) is 0 Å². The van der Waals surface area contributed by atoms with Crippen molar-refractivity contribution >= 4 is 35.0 Å². The van der Waals surface area contributed by atoms with Gasteiger partial charge in [-0.3, -0.25) is 14.5 Å². The second-order valence-electron chi connectivity index (χ2n) is 5.26. The van der Waals surface area contributed by atoms with Crippen LogP contribution in [0.2, 0.25) is 10.0 Å². The molecular formula is C16H19Cl2N3O2. The van der Waals surface area contributed by atoms with Crippen LogP contribution in [0.1, 0.15) is 10.4 Å². The third-order valence-corrected chi connectivity index (χ3v) is 4.47. The number of hydrogen-bond acceptors (Lipinski definition) is 3. The molecule has 0 radical (unpaired) electrons. The predicted octanol–water partition coefficient (Wildman–Crippen LogP) is 2.05. The summed E-state index contributed by atoms with van der Waals surface area (Å²) in [6, 6.07) is 5.04. The molecule has 2 rings (SSSR count). The highest BCUT2D eigenvalue weighted by Crippen LogP contribution is 2.26. The van der Waals surface area contributed by atoms with Gasteiger partial charge in [0, 0.05) is 32.7 Å². The second-order valence-corrected chi connectivity index (χ2v) is 6.05. The van der Waals surface area contributed by atoms with Crippen molar-refractivity contribution in [2.75, 3.05) is 39.3 Å². The molecule has 1 fully saturated rings. The van der Waals surface area contributed by atoms with Crippen LogP contribution in [0, 0.1) is 0 Å². The molecule has 1 N–H and O–H groups in total. The van der Waals surface area contributed by atoms with Crippen LogP contribution in [0.4, 0.5) is 0 Å². The maximum absolute atomic E-state index is 12.5.